The second-order valence-corrected chi connectivity index (χ2v) is 7.81. The average Bonchev–Trinajstić information content (AvgIpc) is 3.37. The summed E-state index contributed by atoms with van der Waals surface area (Å²) in [6.45, 7) is 2.33. The third-order valence-corrected chi connectivity index (χ3v) is 5.68. The van der Waals surface area contributed by atoms with Crippen molar-refractivity contribution >= 4 is 39.7 Å². The normalized spacial score (nSPS) is 13.5. The summed E-state index contributed by atoms with van der Waals surface area (Å²) in [5.41, 5.74) is 2.89. The maximum Gasteiger partial charge on any atom is 0.272 e. The zero-order valence-electron chi connectivity index (χ0n) is 16.1. The quantitative estimate of drug-likeness (QED) is 0.484. The van der Waals surface area contributed by atoms with E-state index in [1.165, 1.54) is 17.4 Å². The molecule has 0 bridgehead atoms. The van der Waals surface area contributed by atoms with Gasteiger partial charge in [0.1, 0.15) is 0 Å². The molecule has 4 rings (SSSR count). The number of anilines is 2. The number of carbonyl (C=O) groups is 2. The van der Waals surface area contributed by atoms with Gasteiger partial charge in [-0.25, -0.2) is 4.98 Å². The van der Waals surface area contributed by atoms with Crippen LogP contribution in [0.3, 0.4) is 0 Å². The molecule has 0 atom stereocenters. The van der Waals surface area contributed by atoms with E-state index in [9.17, 15) is 19.7 Å². The molecule has 2 amide bonds. The lowest BCUT2D eigenvalue weighted by Gasteiger charge is -2.16. The Bertz CT molecular complexity index is 1160. The third-order valence-electron chi connectivity index (χ3n) is 4.92. The van der Waals surface area contributed by atoms with Gasteiger partial charge in [0.25, 0.3) is 11.6 Å². The van der Waals surface area contributed by atoms with E-state index < -0.39 is 4.92 Å². The van der Waals surface area contributed by atoms with E-state index in [4.69, 9.17) is 0 Å². The fourth-order valence-electron chi connectivity index (χ4n) is 3.33. The van der Waals surface area contributed by atoms with Crippen LogP contribution in [0.15, 0.2) is 47.8 Å². The number of nitrogens with one attached hydrogen (secondary N) is 1. The number of hydrogen-bond donors (Lipinski definition) is 1. The number of nitro benzene ring substituents is 1. The lowest BCUT2D eigenvalue weighted by molar-refractivity contribution is -0.385. The molecule has 2 aromatic carbocycles. The number of aryl methyl sites for hydroxylation is 1. The number of nitro groups is 1. The van der Waals surface area contributed by atoms with E-state index in [1.807, 2.05) is 6.07 Å². The minimum atomic E-state index is -0.425. The predicted octanol–water partition coefficient (Wildman–Crippen LogP) is 4.41. The summed E-state index contributed by atoms with van der Waals surface area (Å²) in [6, 6.07) is 11.8. The van der Waals surface area contributed by atoms with Crippen molar-refractivity contribution in [1.82, 2.24) is 4.98 Å². The van der Waals surface area contributed by atoms with Crippen LogP contribution in [-0.2, 0) is 4.79 Å². The van der Waals surface area contributed by atoms with Gasteiger partial charge in [0, 0.05) is 46.8 Å². The molecule has 1 aromatic heterocycles. The molecule has 0 aliphatic carbocycles. The zero-order valence-corrected chi connectivity index (χ0v) is 16.9. The van der Waals surface area contributed by atoms with Crippen molar-refractivity contribution < 1.29 is 14.5 Å². The van der Waals surface area contributed by atoms with Crippen molar-refractivity contribution in [2.75, 3.05) is 16.8 Å². The third kappa shape index (κ3) is 3.92. The Balaban J connectivity index is 1.52. The van der Waals surface area contributed by atoms with Gasteiger partial charge in [-0.2, -0.15) is 0 Å². The van der Waals surface area contributed by atoms with Crippen molar-refractivity contribution in [2.45, 2.75) is 19.8 Å². The SMILES string of the molecule is Cc1ccc(-c2csc(NC(=O)c3cccc(N4CCCC4=O)c3)n2)cc1[N+](=O)[O-]. The van der Waals surface area contributed by atoms with Gasteiger partial charge >= 0.3 is 0 Å². The monoisotopic (exact) mass is 422 g/mol. The van der Waals surface area contributed by atoms with E-state index in [0.717, 1.165) is 6.42 Å². The second-order valence-electron chi connectivity index (χ2n) is 6.95. The maximum absolute atomic E-state index is 12.7. The van der Waals surface area contributed by atoms with Gasteiger partial charge in [-0.15, -0.1) is 11.3 Å². The Morgan fingerprint density at radius 2 is 2.10 bits per heavy atom. The molecule has 0 spiro atoms. The molecule has 9 heteroatoms. The molecule has 3 aromatic rings. The number of carbonyl (C=O) groups excluding carboxylic acids is 2. The van der Waals surface area contributed by atoms with Gasteiger partial charge < -0.3 is 4.90 Å². The first kappa shape index (κ1) is 19.7. The van der Waals surface area contributed by atoms with E-state index >= 15 is 0 Å². The lowest BCUT2D eigenvalue weighted by atomic mass is 10.1. The molecule has 0 saturated carbocycles. The minimum absolute atomic E-state index is 0.0272. The van der Waals surface area contributed by atoms with E-state index in [2.05, 4.69) is 10.3 Å². The van der Waals surface area contributed by atoms with E-state index in [1.54, 1.807) is 47.5 Å². The van der Waals surface area contributed by atoms with Crippen molar-refractivity contribution in [1.29, 1.82) is 0 Å². The number of benzene rings is 2. The highest BCUT2D eigenvalue weighted by Crippen LogP contribution is 2.30. The molecule has 1 saturated heterocycles. The Labute approximate surface area is 176 Å². The molecule has 8 nitrogen and oxygen atoms in total. The van der Waals surface area contributed by atoms with Crippen LogP contribution in [0.25, 0.3) is 11.3 Å². The first-order valence-corrected chi connectivity index (χ1v) is 10.2. The predicted molar refractivity (Wildman–Crippen MR) is 115 cm³/mol. The molecular weight excluding hydrogens is 404 g/mol. The number of rotatable bonds is 5. The largest absolute Gasteiger partial charge is 0.312 e. The van der Waals surface area contributed by atoms with Crippen LogP contribution in [0.4, 0.5) is 16.5 Å². The van der Waals surface area contributed by atoms with Crippen LogP contribution >= 0.6 is 11.3 Å². The number of nitrogens with zero attached hydrogens (tertiary/aromatic N) is 3. The van der Waals surface area contributed by atoms with Crippen LogP contribution in [0.5, 0.6) is 0 Å². The first-order chi connectivity index (χ1) is 14.4. The van der Waals surface area contributed by atoms with Crippen LogP contribution in [0.2, 0.25) is 0 Å². The molecular formula is C21H18N4O4S. The molecule has 1 fully saturated rings. The Morgan fingerprint density at radius 1 is 1.27 bits per heavy atom. The second kappa shape index (κ2) is 8.03. The number of aromatic nitrogens is 1. The highest BCUT2D eigenvalue weighted by Gasteiger charge is 2.22. The standard InChI is InChI=1S/C21H18N4O4S/c1-13-7-8-14(11-18(13)25(28)29)17-12-30-21(22-17)23-20(27)15-4-2-5-16(10-15)24-9-3-6-19(24)26/h2,4-5,7-8,10-12H,3,6,9H2,1H3,(H,22,23,27). The molecule has 1 N–H and O–H groups in total. The molecule has 0 unspecified atom stereocenters. The van der Waals surface area contributed by atoms with Crippen LogP contribution in [-0.4, -0.2) is 28.3 Å². The summed E-state index contributed by atoms with van der Waals surface area (Å²) < 4.78 is 0. The minimum Gasteiger partial charge on any atom is -0.312 e. The van der Waals surface area contributed by atoms with Crippen LogP contribution < -0.4 is 10.2 Å². The maximum atomic E-state index is 12.7. The Hall–Kier alpha value is -3.59. The smallest absolute Gasteiger partial charge is 0.272 e. The highest BCUT2D eigenvalue weighted by molar-refractivity contribution is 7.14. The molecule has 30 heavy (non-hydrogen) atoms. The van der Waals surface area contributed by atoms with Gasteiger partial charge in [-0.1, -0.05) is 18.2 Å². The summed E-state index contributed by atoms with van der Waals surface area (Å²) >= 11 is 1.24. The van der Waals surface area contributed by atoms with Crippen molar-refractivity contribution in [3.8, 4) is 11.3 Å². The van der Waals surface area contributed by atoms with Crippen molar-refractivity contribution in [3.05, 3.63) is 69.1 Å². The molecule has 0 radical (unpaired) electrons. The Morgan fingerprint density at radius 3 is 2.83 bits per heavy atom. The van der Waals surface area contributed by atoms with Crippen LogP contribution in [0, 0.1) is 17.0 Å². The number of amides is 2. The lowest BCUT2D eigenvalue weighted by Crippen LogP contribution is -2.24. The highest BCUT2D eigenvalue weighted by atomic mass is 32.1. The average molecular weight is 422 g/mol. The summed E-state index contributed by atoms with van der Waals surface area (Å²) in [6.07, 6.45) is 1.34. The fourth-order valence-corrected chi connectivity index (χ4v) is 4.05. The zero-order chi connectivity index (χ0) is 21.3. The van der Waals surface area contributed by atoms with Crippen molar-refractivity contribution in [3.63, 3.8) is 0 Å². The fraction of sp³-hybridized carbons (Fsp3) is 0.190. The van der Waals surface area contributed by atoms with Gasteiger partial charge in [0.2, 0.25) is 5.91 Å². The van der Waals surface area contributed by atoms with E-state index in [0.29, 0.717) is 46.2 Å². The van der Waals surface area contributed by atoms with Gasteiger partial charge in [-0.3, -0.25) is 25.0 Å². The molecule has 152 valence electrons. The van der Waals surface area contributed by atoms with E-state index in [-0.39, 0.29) is 17.5 Å². The topological polar surface area (TPSA) is 105 Å². The van der Waals surface area contributed by atoms with Gasteiger partial charge in [0.15, 0.2) is 5.13 Å². The summed E-state index contributed by atoms with van der Waals surface area (Å²) in [4.78, 5) is 41.4. The number of thiazole rings is 1. The molecule has 2 heterocycles. The summed E-state index contributed by atoms with van der Waals surface area (Å²) in [7, 11) is 0. The van der Waals surface area contributed by atoms with Crippen LogP contribution in [0.1, 0.15) is 28.8 Å². The van der Waals surface area contributed by atoms with Gasteiger partial charge in [0.05, 0.1) is 10.6 Å². The first-order valence-electron chi connectivity index (χ1n) is 9.35. The molecule has 1 aliphatic heterocycles. The number of hydrogen-bond acceptors (Lipinski definition) is 6. The van der Waals surface area contributed by atoms with Gasteiger partial charge in [-0.05, 0) is 31.5 Å². The summed E-state index contributed by atoms with van der Waals surface area (Å²) in [5, 5.41) is 16.0. The Kier molecular flexibility index (Phi) is 5.28. The summed E-state index contributed by atoms with van der Waals surface area (Å²) in [5.74, 6) is -0.274. The van der Waals surface area contributed by atoms with Crippen molar-refractivity contribution in [2.24, 2.45) is 0 Å². The molecule has 1 aliphatic rings.